The average molecular weight is 190 g/mol. The van der Waals surface area contributed by atoms with Gasteiger partial charge in [-0.15, -0.1) is 11.8 Å². The van der Waals surface area contributed by atoms with Crippen molar-refractivity contribution in [3.8, 4) is 5.69 Å². The highest BCUT2D eigenvalue weighted by molar-refractivity contribution is 7.98. The Hall–Kier alpha value is -1.22. The number of thioether (sulfide) groups is 1. The van der Waals surface area contributed by atoms with Gasteiger partial charge < -0.3 is 4.57 Å². The lowest BCUT2D eigenvalue weighted by molar-refractivity contribution is 1.05. The number of imidazole rings is 1. The highest BCUT2D eigenvalue weighted by Crippen LogP contribution is 2.17. The van der Waals surface area contributed by atoms with Gasteiger partial charge in [-0.1, -0.05) is 6.07 Å². The molecule has 1 heterocycles. The maximum Gasteiger partial charge on any atom is 0.0991 e. The third kappa shape index (κ3) is 1.75. The second kappa shape index (κ2) is 3.66. The largest absolute Gasteiger partial charge is 0.306 e. The van der Waals surface area contributed by atoms with Crippen LogP contribution in [0.2, 0.25) is 0 Å². The maximum absolute atomic E-state index is 4.01. The first-order chi connectivity index (χ1) is 6.40. The van der Waals surface area contributed by atoms with Crippen molar-refractivity contribution in [2.75, 3.05) is 6.26 Å². The summed E-state index contributed by atoms with van der Waals surface area (Å²) in [6.07, 6.45) is 7.61. The van der Waals surface area contributed by atoms with E-state index in [1.807, 2.05) is 10.8 Å². The number of aromatic nitrogens is 2. The van der Waals surface area contributed by atoms with Crippen molar-refractivity contribution in [3.63, 3.8) is 0 Å². The fourth-order valence-electron chi connectivity index (χ4n) is 1.18. The molecule has 1 aromatic heterocycles. The first kappa shape index (κ1) is 8.38. The smallest absolute Gasteiger partial charge is 0.0991 e. The molecular formula is C10H10N2S. The van der Waals surface area contributed by atoms with E-state index in [1.165, 1.54) is 4.90 Å². The van der Waals surface area contributed by atoms with Crippen LogP contribution in [0.1, 0.15) is 0 Å². The molecule has 13 heavy (non-hydrogen) atoms. The molecule has 0 aliphatic carbocycles. The second-order valence-electron chi connectivity index (χ2n) is 2.67. The summed E-state index contributed by atoms with van der Waals surface area (Å²) in [6.45, 7) is 0. The monoisotopic (exact) mass is 190 g/mol. The van der Waals surface area contributed by atoms with Crippen LogP contribution in [0.5, 0.6) is 0 Å². The lowest BCUT2D eigenvalue weighted by Crippen LogP contribution is -1.88. The lowest BCUT2D eigenvalue weighted by atomic mass is 10.3. The van der Waals surface area contributed by atoms with E-state index in [1.54, 1.807) is 24.3 Å². The highest BCUT2D eigenvalue weighted by atomic mass is 32.2. The first-order valence-electron chi connectivity index (χ1n) is 4.02. The Morgan fingerprint density at radius 2 is 2.31 bits per heavy atom. The normalized spacial score (nSPS) is 10.2. The van der Waals surface area contributed by atoms with Crippen LogP contribution < -0.4 is 0 Å². The highest BCUT2D eigenvalue weighted by Gasteiger charge is 1.95. The van der Waals surface area contributed by atoms with Crippen LogP contribution in [0, 0.1) is 0 Å². The molecule has 66 valence electrons. The molecule has 0 fully saturated rings. The van der Waals surface area contributed by atoms with Crippen LogP contribution in [-0.4, -0.2) is 15.8 Å². The van der Waals surface area contributed by atoms with Crippen molar-refractivity contribution in [1.82, 2.24) is 9.55 Å². The lowest BCUT2D eigenvalue weighted by Gasteiger charge is -2.02. The number of hydrogen-bond acceptors (Lipinski definition) is 2. The van der Waals surface area contributed by atoms with E-state index in [-0.39, 0.29) is 0 Å². The van der Waals surface area contributed by atoms with Crippen LogP contribution in [0.4, 0.5) is 0 Å². The molecule has 0 N–H and O–H groups in total. The van der Waals surface area contributed by atoms with E-state index < -0.39 is 0 Å². The summed E-state index contributed by atoms with van der Waals surface area (Å²) in [5, 5.41) is 0. The molecule has 0 spiro atoms. The van der Waals surface area contributed by atoms with Gasteiger partial charge in [-0.3, -0.25) is 0 Å². The fourth-order valence-corrected chi connectivity index (χ4v) is 1.64. The third-order valence-electron chi connectivity index (χ3n) is 1.86. The summed E-state index contributed by atoms with van der Waals surface area (Å²) in [4.78, 5) is 5.28. The molecule has 2 nitrogen and oxygen atoms in total. The van der Waals surface area contributed by atoms with Crippen LogP contribution in [0.25, 0.3) is 5.69 Å². The van der Waals surface area contributed by atoms with Gasteiger partial charge in [-0.2, -0.15) is 0 Å². The van der Waals surface area contributed by atoms with E-state index in [2.05, 4.69) is 35.5 Å². The fraction of sp³-hybridized carbons (Fsp3) is 0.100. The minimum atomic E-state index is 1.16. The van der Waals surface area contributed by atoms with Crippen molar-refractivity contribution >= 4 is 11.8 Å². The number of benzene rings is 1. The van der Waals surface area contributed by atoms with Crippen LogP contribution >= 0.6 is 11.8 Å². The zero-order chi connectivity index (χ0) is 9.10. The predicted molar refractivity (Wildman–Crippen MR) is 55.3 cm³/mol. The average Bonchev–Trinajstić information content (AvgIpc) is 2.71. The van der Waals surface area contributed by atoms with Gasteiger partial charge in [0.2, 0.25) is 0 Å². The molecule has 0 atom stereocenters. The Bertz CT molecular complexity index is 382. The predicted octanol–water partition coefficient (Wildman–Crippen LogP) is 2.59. The van der Waals surface area contributed by atoms with Crippen molar-refractivity contribution in [2.45, 2.75) is 4.90 Å². The summed E-state index contributed by atoms with van der Waals surface area (Å²) in [7, 11) is 0. The zero-order valence-corrected chi connectivity index (χ0v) is 8.16. The molecule has 2 aromatic rings. The second-order valence-corrected chi connectivity index (χ2v) is 3.55. The molecular weight excluding hydrogens is 180 g/mol. The topological polar surface area (TPSA) is 17.8 Å². The Morgan fingerprint density at radius 1 is 1.38 bits per heavy atom. The van der Waals surface area contributed by atoms with Crippen molar-refractivity contribution in [3.05, 3.63) is 43.0 Å². The molecule has 0 bridgehead atoms. The molecule has 2 rings (SSSR count). The van der Waals surface area contributed by atoms with Gasteiger partial charge in [0, 0.05) is 23.0 Å². The first-order valence-corrected chi connectivity index (χ1v) is 5.25. The third-order valence-corrected chi connectivity index (χ3v) is 2.58. The molecule has 0 saturated carbocycles. The molecule has 3 heteroatoms. The van der Waals surface area contributed by atoms with Gasteiger partial charge in [0.05, 0.1) is 6.33 Å². The quantitative estimate of drug-likeness (QED) is 0.677. The molecule has 0 radical (unpaired) electrons. The Labute approximate surface area is 81.6 Å². The molecule has 0 unspecified atom stereocenters. The van der Waals surface area contributed by atoms with Gasteiger partial charge in [-0.25, -0.2) is 4.98 Å². The Balaban J connectivity index is 2.41. The van der Waals surface area contributed by atoms with Crippen LogP contribution in [0.3, 0.4) is 0 Å². The van der Waals surface area contributed by atoms with E-state index in [0.717, 1.165) is 5.69 Å². The number of hydrogen-bond donors (Lipinski definition) is 0. The minimum Gasteiger partial charge on any atom is -0.306 e. The molecule has 0 saturated heterocycles. The minimum absolute atomic E-state index is 1.16. The standard InChI is InChI=1S/C10H10N2S/c1-13-10-4-2-3-9(7-10)12-6-5-11-8-12/h2-8H,1H3. The van der Waals surface area contributed by atoms with Gasteiger partial charge in [0.25, 0.3) is 0 Å². The van der Waals surface area contributed by atoms with Crippen LogP contribution in [0.15, 0.2) is 47.9 Å². The summed E-state index contributed by atoms with van der Waals surface area (Å²) >= 11 is 1.75. The molecule has 0 amide bonds. The van der Waals surface area contributed by atoms with Gasteiger partial charge in [-0.05, 0) is 24.5 Å². The Morgan fingerprint density at radius 3 is 3.00 bits per heavy atom. The van der Waals surface area contributed by atoms with Gasteiger partial charge >= 0.3 is 0 Å². The Kier molecular flexibility index (Phi) is 2.36. The number of nitrogens with zero attached hydrogens (tertiary/aromatic N) is 2. The van der Waals surface area contributed by atoms with E-state index in [4.69, 9.17) is 0 Å². The summed E-state index contributed by atoms with van der Waals surface area (Å²) in [5.74, 6) is 0. The zero-order valence-electron chi connectivity index (χ0n) is 7.34. The maximum atomic E-state index is 4.01. The van der Waals surface area contributed by atoms with Crippen molar-refractivity contribution in [2.24, 2.45) is 0 Å². The van der Waals surface area contributed by atoms with Crippen LogP contribution in [-0.2, 0) is 0 Å². The van der Waals surface area contributed by atoms with E-state index in [9.17, 15) is 0 Å². The van der Waals surface area contributed by atoms with E-state index >= 15 is 0 Å². The molecule has 0 aliphatic heterocycles. The van der Waals surface area contributed by atoms with E-state index in [0.29, 0.717) is 0 Å². The SMILES string of the molecule is CSc1cccc(-n2ccnc2)c1. The van der Waals surface area contributed by atoms with Crippen molar-refractivity contribution in [1.29, 1.82) is 0 Å². The number of rotatable bonds is 2. The summed E-state index contributed by atoms with van der Waals surface area (Å²) in [5.41, 5.74) is 1.16. The van der Waals surface area contributed by atoms with Gasteiger partial charge in [0.15, 0.2) is 0 Å². The van der Waals surface area contributed by atoms with Crippen molar-refractivity contribution < 1.29 is 0 Å². The molecule has 1 aromatic carbocycles. The summed E-state index contributed by atoms with van der Waals surface area (Å²) < 4.78 is 2.00. The summed E-state index contributed by atoms with van der Waals surface area (Å²) in [6, 6.07) is 8.38. The van der Waals surface area contributed by atoms with Gasteiger partial charge in [0.1, 0.15) is 0 Å². The molecule has 0 aliphatic rings.